The highest BCUT2D eigenvalue weighted by Gasteiger charge is 2.35. The molecule has 0 radical (unpaired) electrons. The zero-order chi connectivity index (χ0) is 32.5. The van der Waals surface area contributed by atoms with Gasteiger partial charge in [0.1, 0.15) is 6.04 Å². The van der Waals surface area contributed by atoms with Gasteiger partial charge in [-0.2, -0.15) is 0 Å². The normalized spacial score (nSPS) is 24.1. The molecule has 4 heterocycles. The number of carbonyl (C=O) groups excluding carboxylic acids is 2. The van der Waals surface area contributed by atoms with Crippen LogP contribution in [0.4, 0.5) is 5.69 Å². The third-order valence-electron chi connectivity index (χ3n) is 9.93. The molecule has 2 atom stereocenters. The molecular formula is C35H52N7O3+. The highest BCUT2D eigenvalue weighted by atomic mass is 16.5. The third-order valence-corrected chi connectivity index (χ3v) is 9.93. The van der Waals surface area contributed by atoms with Gasteiger partial charge in [0.25, 0.3) is 11.8 Å². The lowest BCUT2D eigenvalue weighted by molar-refractivity contribution is -0.876. The van der Waals surface area contributed by atoms with Crippen molar-refractivity contribution in [2.75, 3.05) is 65.3 Å². The third kappa shape index (κ3) is 8.99. The fraction of sp³-hybridized carbons (Fsp3) is 0.543. The summed E-state index contributed by atoms with van der Waals surface area (Å²) in [5.74, 6) is -0.384. The van der Waals surface area contributed by atoms with Crippen molar-refractivity contribution in [3.05, 3.63) is 70.9 Å². The maximum Gasteiger partial charge on any atom is 0.252 e. The molecule has 2 amide bonds. The van der Waals surface area contributed by atoms with Crippen LogP contribution in [0.2, 0.25) is 0 Å². The fourth-order valence-corrected chi connectivity index (χ4v) is 6.34. The lowest BCUT2D eigenvalue weighted by atomic mass is 9.72. The summed E-state index contributed by atoms with van der Waals surface area (Å²) >= 11 is 0. The van der Waals surface area contributed by atoms with Crippen LogP contribution in [0.5, 0.6) is 0 Å². The van der Waals surface area contributed by atoms with Crippen LogP contribution in [-0.4, -0.2) is 98.5 Å². The molecule has 45 heavy (non-hydrogen) atoms. The predicted octanol–water partition coefficient (Wildman–Crippen LogP) is 4.12. The van der Waals surface area contributed by atoms with Crippen molar-refractivity contribution in [3.8, 4) is 0 Å². The molecule has 0 bridgehead atoms. The molecule has 3 aliphatic rings. The summed E-state index contributed by atoms with van der Waals surface area (Å²) in [6.45, 7) is 12.0. The Morgan fingerprint density at radius 3 is 2.64 bits per heavy atom. The first-order valence-corrected chi connectivity index (χ1v) is 16.2. The van der Waals surface area contributed by atoms with Gasteiger partial charge in [0.05, 0.1) is 36.7 Å². The molecule has 2 unspecified atom stereocenters. The van der Waals surface area contributed by atoms with Crippen LogP contribution in [0.3, 0.4) is 0 Å². The average molecular weight is 619 g/mol. The zero-order valence-corrected chi connectivity index (χ0v) is 27.8. The molecule has 3 aliphatic heterocycles. The van der Waals surface area contributed by atoms with E-state index in [4.69, 9.17) is 10.5 Å². The van der Waals surface area contributed by atoms with E-state index in [0.717, 1.165) is 57.0 Å². The lowest BCUT2D eigenvalue weighted by Gasteiger charge is -2.44. The minimum absolute atomic E-state index is 0.183. The van der Waals surface area contributed by atoms with Crippen LogP contribution in [-0.2, 0) is 9.53 Å². The lowest BCUT2D eigenvalue weighted by Crippen LogP contribution is -2.47. The Balaban J connectivity index is 1.25. The second-order valence-electron chi connectivity index (χ2n) is 13.0. The molecule has 10 nitrogen and oxygen atoms in total. The monoisotopic (exact) mass is 618 g/mol. The molecule has 0 aromatic carbocycles. The molecule has 1 aromatic heterocycles. The van der Waals surface area contributed by atoms with Gasteiger partial charge < -0.3 is 26.0 Å². The van der Waals surface area contributed by atoms with Crippen LogP contribution in [0, 0.1) is 12.3 Å². The SMILES string of the molecule is CN=C/C(=C\N)C1=CC(C)[N+](C)(CCC=C(C)C(=O)Nc2cc(C(=O)NCCN3CCC4(CCOCC4)CC3)cnc2C)C=C1. The number of quaternary nitrogens is 1. The van der Waals surface area contributed by atoms with Crippen LogP contribution in [0.25, 0.3) is 0 Å². The summed E-state index contributed by atoms with van der Waals surface area (Å²) in [5, 5.41) is 5.99. The van der Waals surface area contributed by atoms with Crippen molar-refractivity contribution in [3.63, 3.8) is 0 Å². The smallest absolute Gasteiger partial charge is 0.252 e. The van der Waals surface area contributed by atoms with E-state index in [-0.39, 0.29) is 17.9 Å². The van der Waals surface area contributed by atoms with Gasteiger partial charge in [-0.25, -0.2) is 0 Å². The molecule has 4 rings (SSSR count). The first-order valence-electron chi connectivity index (χ1n) is 16.2. The van der Waals surface area contributed by atoms with Crippen molar-refractivity contribution in [1.29, 1.82) is 0 Å². The van der Waals surface area contributed by atoms with Crippen LogP contribution in [0.1, 0.15) is 62.0 Å². The highest BCUT2D eigenvalue weighted by molar-refractivity contribution is 6.04. The van der Waals surface area contributed by atoms with Crippen LogP contribution in [0.15, 0.2) is 64.6 Å². The van der Waals surface area contributed by atoms with E-state index in [9.17, 15) is 9.59 Å². The number of allylic oxidation sites excluding steroid dienone is 3. The Morgan fingerprint density at radius 1 is 1.24 bits per heavy atom. The highest BCUT2D eigenvalue weighted by Crippen LogP contribution is 2.40. The van der Waals surface area contributed by atoms with E-state index in [2.05, 4.69) is 57.8 Å². The number of carbonyl (C=O) groups is 2. The number of hydrogen-bond donors (Lipinski definition) is 3. The quantitative estimate of drug-likeness (QED) is 0.195. The summed E-state index contributed by atoms with van der Waals surface area (Å²) in [7, 11) is 3.91. The molecule has 0 saturated carbocycles. The maximum atomic E-state index is 13.1. The van der Waals surface area contributed by atoms with Gasteiger partial charge in [-0.15, -0.1) is 0 Å². The van der Waals surface area contributed by atoms with Crippen molar-refractivity contribution in [1.82, 2.24) is 15.2 Å². The molecule has 2 saturated heterocycles. The number of aromatic nitrogens is 1. The van der Waals surface area contributed by atoms with E-state index >= 15 is 0 Å². The number of rotatable bonds is 11. The maximum absolute atomic E-state index is 13.1. The number of ether oxygens (including phenoxy) is 1. The number of likely N-dealkylation sites (tertiary alicyclic amines) is 1. The topological polar surface area (TPSA) is 122 Å². The number of piperidine rings is 1. The number of nitrogens with zero attached hydrogens (tertiary/aromatic N) is 4. The molecule has 4 N–H and O–H groups in total. The second-order valence-corrected chi connectivity index (χ2v) is 13.0. The number of amides is 2. The summed E-state index contributed by atoms with van der Waals surface area (Å²) in [5.41, 5.74) is 10.5. The number of hydrogen-bond acceptors (Lipinski definition) is 7. The molecule has 2 fully saturated rings. The summed E-state index contributed by atoms with van der Waals surface area (Å²) in [4.78, 5) is 36.9. The van der Waals surface area contributed by atoms with Crippen molar-refractivity contribution < 1.29 is 18.8 Å². The summed E-state index contributed by atoms with van der Waals surface area (Å²) in [6, 6.07) is 1.95. The molecule has 244 valence electrons. The summed E-state index contributed by atoms with van der Waals surface area (Å²) in [6.07, 6.45) is 18.8. The van der Waals surface area contributed by atoms with Crippen molar-refractivity contribution in [2.45, 2.75) is 58.9 Å². The molecule has 0 aliphatic carbocycles. The second kappa shape index (κ2) is 15.6. The Bertz CT molecular complexity index is 1360. The van der Waals surface area contributed by atoms with Gasteiger partial charge in [0, 0.05) is 69.5 Å². The Hall–Kier alpha value is -3.60. The predicted molar refractivity (Wildman–Crippen MR) is 181 cm³/mol. The number of aliphatic imine (C=N–C) groups is 1. The van der Waals surface area contributed by atoms with Gasteiger partial charge in [-0.05, 0) is 88.8 Å². The van der Waals surface area contributed by atoms with Gasteiger partial charge in [-0.3, -0.25) is 24.0 Å². The molecular weight excluding hydrogens is 566 g/mol. The van der Waals surface area contributed by atoms with E-state index in [0.29, 0.717) is 39.0 Å². The number of aryl methyl sites for hydroxylation is 1. The molecule has 1 aromatic rings. The van der Waals surface area contributed by atoms with E-state index in [1.54, 1.807) is 31.7 Å². The minimum Gasteiger partial charge on any atom is -0.404 e. The Morgan fingerprint density at radius 2 is 1.98 bits per heavy atom. The van der Waals surface area contributed by atoms with Gasteiger partial charge >= 0.3 is 0 Å². The van der Waals surface area contributed by atoms with Crippen LogP contribution >= 0.6 is 0 Å². The molecule has 10 heteroatoms. The van der Waals surface area contributed by atoms with Gasteiger partial charge in [0.2, 0.25) is 0 Å². The number of anilines is 1. The van der Waals surface area contributed by atoms with Gasteiger partial charge in [0.15, 0.2) is 0 Å². The minimum atomic E-state index is -0.200. The zero-order valence-electron chi connectivity index (χ0n) is 27.8. The largest absolute Gasteiger partial charge is 0.404 e. The first kappa shape index (κ1) is 34.3. The van der Waals surface area contributed by atoms with Gasteiger partial charge in [-0.1, -0.05) is 6.08 Å². The Kier molecular flexibility index (Phi) is 11.9. The van der Waals surface area contributed by atoms with E-state index in [1.165, 1.54) is 25.7 Å². The van der Waals surface area contributed by atoms with Crippen molar-refractivity contribution >= 4 is 23.7 Å². The van der Waals surface area contributed by atoms with Crippen LogP contribution < -0.4 is 16.4 Å². The number of likely N-dealkylation sites (N-methyl/N-ethyl adjacent to an activating group) is 1. The number of nitrogens with one attached hydrogen (secondary N) is 2. The average Bonchev–Trinajstić information content (AvgIpc) is 3.03. The number of pyridine rings is 1. The summed E-state index contributed by atoms with van der Waals surface area (Å²) < 4.78 is 6.27. The first-order chi connectivity index (χ1) is 21.6. The van der Waals surface area contributed by atoms with E-state index in [1.807, 2.05) is 19.9 Å². The van der Waals surface area contributed by atoms with Crippen molar-refractivity contribution in [2.24, 2.45) is 16.1 Å². The molecule has 1 spiro atoms. The van der Waals surface area contributed by atoms with E-state index < -0.39 is 0 Å². The fourth-order valence-electron chi connectivity index (χ4n) is 6.34. The Labute approximate surface area is 268 Å². The standard InChI is InChI=1S/C35H51N7O3/c1-26(7-6-17-42(5)18-8-29(21-27(42)2)31(23-36)24-37-4)33(43)40-32-22-30(25-39-28(32)3)34(44)38-13-16-41-14-9-35(10-15-41)11-19-45-20-12-35/h7-8,18,21-25,27H,6,9-17,19-20H2,1-5H3,(H3-,36,37,38,40,43,44)/p+1. The number of nitrogens with two attached hydrogens (primary N) is 1.